The molecule has 1 fully saturated rings. The van der Waals surface area contributed by atoms with Crippen LogP contribution in [0.4, 0.5) is 0 Å². The van der Waals surface area contributed by atoms with Crippen LogP contribution in [-0.2, 0) is 4.79 Å². The van der Waals surface area contributed by atoms with Crippen LogP contribution in [0.5, 0.6) is 0 Å². The summed E-state index contributed by atoms with van der Waals surface area (Å²) in [5.74, 6) is 1.58. The maximum absolute atomic E-state index is 11.7. The molecule has 0 bridgehead atoms. The summed E-state index contributed by atoms with van der Waals surface area (Å²) in [6.07, 6.45) is -0.649. The molecule has 98 valence electrons. The van der Waals surface area contributed by atoms with E-state index >= 15 is 0 Å². The number of thioether (sulfide) groups is 1. The molecule has 2 atom stereocenters. The van der Waals surface area contributed by atoms with Crippen LogP contribution >= 0.6 is 11.8 Å². The number of nitrogens with one attached hydrogen (secondary N) is 2. The van der Waals surface area contributed by atoms with Crippen LogP contribution < -0.4 is 10.6 Å². The molecular formula is C13H18N2O2S. The van der Waals surface area contributed by atoms with Gasteiger partial charge >= 0.3 is 0 Å². The van der Waals surface area contributed by atoms with E-state index < -0.39 is 6.10 Å². The zero-order valence-corrected chi connectivity index (χ0v) is 11.2. The highest BCUT2D eigenvalue weighted by atomic mass is 32.2. The van der Waals surface area contributed by atoms with Gasteiger partial charge in [0.15, 0.2) is 0 Å². The molecule has 0 spiro atoms. The Labute approximate surface area is 111 Å². The van der Waals surface area contributed by atoms with Crippen molar-refractivity contribution in [3.8, 4) is 0 Å². The lowest BCUT2D eigenvalue weighted by molar-refractivity contribution is -0.122. The fourth-order valence-corrected chi connectivity index (χ4v) is 2.73. The Balaban J connectivity index is 1.82. The number of aliphatic hydroxyl groups excluding tert-OH is 1. The standard InChI is InChI=1S/C13H18N2O2S/c1-9-2-4-10(5-3-9)12(16)6-14-13(17)11-7-18-8-15-11/h2-5,11-12,15-16H,6-8H2,1H3,(H,14,17)/t11-,12?/m1/s1. The number of carbonyl (C=O) groups is 1. The molecule has 0 radical (unpaired) electrons. The first-order valence-corrected chi connectivity index (χ1v) is 7.16. The van der Waals surface area contributed by atoms with Crippen molar-refractivity contribution in [3.05, 3.63) is 35.4 Å². The third-order valence-corrected chi connectivity index (χ3v) is 3.90. The molecule has 1 aromatic carbocycles. The molecule has 1 unspecified atom stereocenters. The molecule has 1 aromatic rings. The van der Waals surface area contributed by atoms with Crippen molar-refractivity contribution in [2.24, 2.45) is 0 Å². The predicted octanol–water partition coefficient (Wildman–Crippen LogP) is 0.807. The lowest BCUT2D eigenvalue weighted by Gasteiger charge is -2.15. The second-order valence-corrected chi connectivity index (χ2v) is 5.47. The minimum absolute atomic E-state index is 0.0360. The number of hydrogen-bond donors (Lipinski definition) is 3. The number of aryl methyl sites for hydroxylation is 1. The highest BCUT2D eigenvalue weighted by Crippen LogP contribution is 2.13. The maximum atomic E-state index is 11.7. The molecule has 1 amide bonds. The molecule has 0 aromatic heterocycles. The van der Waals surface area contributed by atoms with Crippen LogP contribution in [-0.4, -0.2) is 35.2 Å². The number of aliphatic hydroxyl groups is 1. The Morgan fingerprint density at radius 2 is 2.28 bits per heavy atom. The van der Waals surface area contributed by atoms with Crippen molar-refractivity contribution in [2.45, 2.75) is 19.1 Å². The number of amides is 1. The van der Waals surface area contributed by atoms with Gasteiger partial charge in [-0.15, -0.1) is 11.8 Å². The number of hydrogen-bond acceptors (Lipinski definition) is 4. The molecule has 1 heterocycles. The molecule has 1 saturated heterocycles. The molecule has 5 heteroatoms. The first-order valence-electron chi connectivity index (χ1n) is 6.00. The predicted molar refractivity (Wildman–Crippen MR) is 73.4 cm³/mol. The van der Waals surface area contributed by atoms with E-state index in [0.29, 0.717) is 0 Å². The minimum Gasteiger partial charge on any atom is -0.387 e. The summed E-state index contributed by atoms with van der Waals surface area (Å²) in [7, 11) is 0. The molecule has 0 saturated carbocycles. The Hall–Kier alpha value is -1.04. The van der Waals surface area contributed by atoms with E-state index in [1.165, 1.54) is 0 Å². The van der Waals surface area contributed by atoms with Crippen molar-refractivity contribution >= 4 is 17.7 Å². The topological polar surface area (TPSA) is 61.4 Å². The highest BCUT2D eigenvalue weighted by molar-refractivity contribution is 7.99. The largest absolute Gasteiger partial charge is 0.387 e. The van der Waals surface area contributed by atoms with Crippen molar-refractivity contribution < 1.29 is 9.90 Å². The van der Waals surface area contributed by atoms with Crippen molar-refractivity contribution in [3.63, 3.8) is 0 Å². The first-order chi connectivity index (χ1) is 8.66. The van der Waals surface area contributed by atoms with Gasteiger partial charge in [-0.1, -0.05) is 29.8 Å². The lowest BCUT2D eigenvalue weighted by Crippen LogP contribution is -2.43. The zero-order chi connectivity index (χ0) is 13.0. The summed E-state index contributed by atoms with van der Waals surface area (Å²) in [6.45, 7) is 2.26. The van der Waals surface area contributed by atoms with Gasteiger partial charge in [0.05, 0.1) is 12.1 Å². The number of rotatable bonds is 4. The average molecular weight is 266 g/mol. The van der Waals surface area contributed by atoms with Crippen molar-refractivity contribution in [1.82, 2.24) is 10.6 Å². The molecule has 1 aliphatic heterocycles. The molecule has 18 heavy (non-hydrogen) atoms. The molecular weight excluding hydrogens is 248 g/mol. The van der Waals surface area contributed by atoms with E-state index in [1.54, 1.807) is 11.8 Å². The van der Waals surface area contributed by atoms with Gasteiger partial charge in [0.25, 0.3) is 0 Å². The minimum atomic E-state index is -0.649. The third-order valence-electron chi connectivity index (χ3n) is 2.96. The monoisotopic (exact) mass is 266 g/mol. The van der Waals surface area contributed by atoms with Gasteiger partial charge < -0.3 is 10.4 Å². The van der Waals surface area contributed by atoms with Crippen LogP contribution in [0, 0.1) is 6.92 Å². The van der Waals surface area contributed by atoms with E-state index in [9.17, 15) is 9.90 Å². The molecule has 3 N–H and O–H groups in total. The summed E-state index contributed by atoms with van der Waals surface area (Å²) in [6, 6.07) is 7.55. The van der Waals surface area contributed by atoms with Crippen LogP contribution in [0.1, 0.15) is 17.2 Å². The van der Waals surface area contributed by atoms with Crippen molar-refractivity contribution in [2.75, 3.05) is 18.2 Å². The van der Waals surface area contributed by atoms with Crippen LogP contribution in [0.25, 0.3) is 0 Å². The van der Waals surface area contributed by atoms with E-state index in [2.05, 4.69) is 10.6 Å². The van der Waals surface area contributed by atoms with Gasteiger partial charge in [-0.2, -0.15) is 0 Å². The summed E-state index contributed by atoms with van der Waals surface area (Å²) in [4.78, 5) is 11.7. The van der Waals surface area contributed by atoms with Gasteiger partial charge in [-0.3, -0.25) is 10.1 Å². The smallest absolute Gasteiger partial charge is 0.238 e. The van der Waals surface area contributed by atoms with E-state index in [4.69, 9.17) is 0 Å². The summed E-state index contributed by atoms with van der Waals surface area (Å²) in [5, 5.41) is 15.8. The van der Waals surface area contributed by atoms with Gasteiger partial charge in [0, 0.05) is 18.2 Å². The van der Waals surface area contributed by atoms with Crippen molar-refractivity contribution in [1.29, 1.82) is 0 Å². The summed E-state index contributed by atoms with van der Waals surface area (Å²) in [5.41, 5.74) is 1.98. The Bertz CT molecular complexity index is 402. The zero-order valence-electron chi connectivity index (χ0n) is 10.3. The second-order valence-electron chi connectivity index (χ2n) is 4.44. The van der Waals surface area contributed by atoms with Gasteiger partial charge in [0.1, 0.15) is 0 Å². The second kappa shape index (κ2) is 6.22. The molecule has 0 aliphatic carbocycles. The summed E-state index contributed by atoms with van der Waals surface area (Å²) < 4.78 is 0. The van der Waals surface area contributed by atoms with Crippen LogP contribution in [0.2, 0.25) is 0 Å². The quantitative estimate of drug-likeness (QED) is 0.754. The SMILES string of the molecule is Cc1ccc(C(O)CNC(=O)[C@H]2CSCN2)cc1. The molecule has 4 nitrogen and oxygen atoms in total. The highest BCUT2D eigenvalue weighted by Gasteiger charge is 2.22. The number of benzene rings is 1. The maximum Gasteiger partial charge on any atom is 0.238 e. The number of carbonyl (C=O) groups excluding carboxylic acids is 1. The normalized spacial score (nSPS) is 20.7. The molecule has 2 rings (SSSR count). The van der Waals surface area contributed by atoms with Gasteiger partial charge in [-0.05, 0) is 12.5 Å². The molecule has 1 aliphatic rings. The average Bonchev–Trinajstić information content (AvgIpc) is 2.90. The third kappa shape index (κ3) is 3.48. The van der Waals surface area contributed by atoms with Gasteiger partial charge in [-0.25, -0.2) is 0 Å². The van der Waals surface area contributed by atoms with Crippen LogP contribution in [0.15, 0.2) is 24.3 Å². The fraction of sp³-hybridized carbons (Fsp3) is 0.462. The Morgan fingerprint density at radius 3 is 2.89 bits per heavy atom. The van der Waals surface area contributed by atoms with E-state index in [1.807, 2.05) is 31.2 Å². The Morgan fingerprint density at radius 1 is 1.56 bits per heavy atom. The van der Waals surface area contributed by atoms with E-state index in [0.717, 1.165) is 22.8 Å². The van der Waals surface area contributed by atoms with E-state index in [-0.39, 0.29) is 18.5 Å². The van der Waals surface area contributed by atoms with Gasteiger partial charge in [0.2, 0.25) is 5.91 Å². The fourth-order valence-electron chi connectivity index (χ4n) is 1.79. The first kappa shape index (κ1) is 13.4. The lowest BCUT2D eigenvalue weighted by atomic mass is 10.1. The summed E-state index contributed by atoms with van der Waals surface area (Å²) >= 11 is 1.71. The van der Waals surface area contributed by atoms with Crippen LogP contribution in [0.3, 0.4) is 0 Å². The Kier molecular flexibility index (Phi) is 4.63.